The maximum Gasteiger partial charge on any atom is 0.257 e. The van der Waals surface area contributed by atoms with Crippen LogP contribution in [0, 0.1) is 6.92 Å². The van der Waals surface area contributed by atoms with Gasteiger partial charge in [0, 0.05) is 5.56 Å². The predicted octanol–water partition coefficient (Wildman–Crippen LogP) is 2.73. The third-order valence-corrected chi connectivity index (χ3v) is 4.35. The minimum atomic E-state index is -0.326. The molecule has 0 spiro atoms. The lowest BCUT2D eigenvalue weighted by atomic mass is 10.2. The molecule has 0 aliphatic heterocycles. The van der Waals surface area contributed by atoms with Gasteiger partial charge in [-0.3, -0.25) is 15.5 Å². The van der Waals surface area contributed by atoms with Gasteiger partial charge in [-0.1, -0.05) is 11.8 Å². The summed E-state index contributed by atoms with van der Waals surface area (Å²) in [5.41, 5.74) is 3.35. The molecule has 0 saturated heterocycles. The Kier molecular flexibility index (Phi) is 6.58. The van der Waals surface area contributed by atoms with Gasteiger partial charge >= 0.3 is 0 Å². The van der Waals surface area contributed by atoms with E-state index in [1.807, 2.05) is 13.2 Å². The number of aryl methyl sites for hydroxylation is 1. The number of thioether (sulfide) groups is 1. The molecule has 128 valence electrons. The fraction of sp³-hybridized carbons (Fsp3) is 0.286. The first-order chi connectivity index (χ1) is 11.5. The first kappa shape index (κ1) is 18.7. The monoisotopic (exact) mass is 429 g/mol. The van der Waals surface area contributed by atoms with Crippen LogP contribution >= 0.6 is 39.9 Å². The molecule has 10 heteroatoms. The molecule has 24 heavy (non-hydrogen) atoms. The van der Waals surface area contributed by atoms with Gasteiger partial charge in [-0.05, 0) is 66.5 Å². The van der Waals surface area contributed by atoms with Gasteiger partial charge in [0.2, 0.25) is 5.16 Å². The van der Waals surface area contributed by atoms with Gasteiger partial charge in [0.25, 0.3) is 5.91 Å². The highest BCUT2D eigenvalue weighted by molar-refractivity contribution is 9.10. The Morgan fingerprint density at radius 2 is 2.21 bits per heavy atom. The summed E-state index contributed by atoms with van der Waals surface area (Å²) in [4.78, 5) is 12.3. The molecule has 0 aliphatic carbocycles. The van der Waals surface area contributed by atoms with E-state index in [4.69, 9.17) is 17.0 Å². The summed E-state index contributed by atoms with van der Waals surface area (Å²) in [6, 6.07) is 5.08. The van der Waals surface area contributed by atoms with Crippen molar-refractivity contribution in [2.75, 3.05) is 18.3 Å². The predicted molar refractivity (Wildman–Crippen MR) is 101 cm³/mol. The Morgan fingerprint density at radius 3 is 2.83 bits per heavy atom. The summed E-state index contributed by atoms with van der Waals surface area (Å²) in [6.07, 6.45) is 1.88. The van der Waals surface area contributed by atoms with Gasteiger partial charge in [0.15, 0.2) is 5.11 Å². The molecular formula is C14H16BrN5O2S2. The van der Waals surface area contributed by atoms with Gasteiger partial charge < -0.3 is 4.74 Å². The Morgan fingerprint density at radius 1 is 1.46 bits per heavy atom. The third-order valence-electron chi connectivity index (χ3n) is 2.91. The summed E-state index contributed by atoms with van der Waals surface area (Å²) >= 11 is 9.98. The van der Waals surface area contributed by atoms with E-state index in [0.717, 1.165) is 0 Å². The van der Waals surface area contributed by atoms with Gasteiger partial charge in [0.05, 0.1) is 11.1 Å². The molecule has 0 aliphatic rings. The van der Waals surface area contributed by atoms with Crippen LogP contribution in [0.1, 0.15) is 23.1 Å². The van der Waals surface area contributed by atoms with Gasteiger partial charge in [-0.2, -0.15) is 0 Å². The minimum absolute atomic E-state index is 0.156. The number of hydrogen-bond acceptors (Lipinski definition) is 6. The fourth-order valence-corrected chi connectivity index (χ4v) is 2.98. The first-order valence-corrected chi connectivity index (χ1v) is 9.39. The minimum Gasteiger partial charge on any atom is -0.493 e. The number of nitrogens with one attached hydrogen (secondary N) is 2. The zero-order valence-corrected chi connectivity index (χ0v) is 16.5. The van der Waals surface area contributed by atoms with E-state index >= 15 is 0 Å². The van der Waals surface area contributed by atoms with E-state index in [1.54, 1.807) is 29.8 Å². The topological polar surface area (TPSA) is 81.1 Å². The lowest BCUT2D eigenvalue weighted by Crippen LogP contribution is -2.38. The Hall–Kier alpha value is -1.65. The molecule has 1 heterocycles. The van der Waals surface area contributed by atoms with Crippen LogP contribution in [0.15, 0.2) is 27.8 Å². The molecule has 0 saturated carbocycles. The number of carbonyl (C=O) groups is 1. The van der Waals surface area contributed by atoms with Crippen molar-refractivity contribution >= 4 is 50.9 Å². The van der Waals surface area contributed by atoms with Crippen LogP contribution in [-0.4, -0.2) is 38.8 Å². The zero-order chi connectivity index (χ0) is 17.7. The number of amides is 1. The Bertz CT molecular complexity index is 766. The first-order valence-electron chi connectivity index (χ1n) is 6.97. The van der Waals surface area contributed by atoms with Crippen LogP contribution in [0.5, 0.6) is 5.75 Å². The molecule has 1 aromatic heterocycles. The van der Waals surface area contributed by atoms with Crippen molar-refractivity contribution < 1.29 is 9.53 Å². The largest absolute Gasteiger partial charge is 0.493 e. The molecular weight excluding hydrogens is 414 g/mol. The van der Waals surface area contributed by atoms with Crippen molar-refractivity contribution in [3.8, 4) is 5.75 Å². The third kappa shape index (κ3) is 4.46. The molecule has 1 aromatic carbocycles. The number of hydrogen-bond donors (Lipinski definition) is 2. The maximum atomic E-state index is 12.3. The smallest absolute Gasteiger partial charge is 0.257 e. The highest BCUT2D eigenvalue weighted by atomic mass is 79.9. The summed E-state index contributed by atoms with van der Waals surface area (Å²) in [5, 5.41) is 11.4. The molecule has 0 radical (unpaired) electrons. The molecule has 7 nitrogen and oxygen atoms in total. The number of aromatic nitrogens is 3. The maximum absolute atomic E-state index is 12.3. The van der Waals surface area contributed by atoms with Crippen molar-refractivity contribution in [3.05, 3.63) is 34.1 Å². The van der Waals surface area contributed by atoms with Crippen LogP contribution < -0.4 is 15.5 Å². The SMILES string of the molecule is CCOc1ccc(C(=O)NC(=S)Nn2c(C)nnc2SC)cc1Br. The molecule has 0 bridgehead atoms. The quantitative estimate of drug-likeness (QED) is 0.558. The number of halogens is 1. The van der Waals surface area contributed by atoms with Crippen LogP contribution in [0.3, 0.4) is 0 Å². The summed E-state index contributed by atoms with van der Waals surface area (Å²) in [7, 11) is 0. The molecule has 0 fully saturated rings. The molecule has 2 aromatic rings. The molecule has 2 N–H and O–H groups in total. The van der Waals surface area contributed by atoms with E-state index in [9.17, 15) is 4.79 Å². The van der Waals surface area contributed by atoms with Crippen molar-refractivity contribution in [1.82, 2.24) is 20.2 Å². The lowest BCUT2D eigenvalue weighted by Gasteiger charge is -2.13. The van der Waals surface area contributed by atoms with Gasteiger partial charge in [-0.15, -0.1) is 10.2 Å². The standard InChI is InChI=1S/C14H16BrN5O2S2/c1-4-22-11-6-5-9(7-10(11)15)12(21)16-13(23)19-20-8(2)17-18-14(20)24-3/h5-7H,4H2,1-3H3,(H2,16,19,21,23). The molecule has 0 unspecified atom stereocenters. The Labute approximate surface area is 157 Å². The second-order valence-electron chi connectivity index (χ2n) is 4.54. The summed E-state index contributed by atoms with van der Waals surface area (Å²) < 4.78 is 7.74. The van der Waals surface area contributed by atoms with Crippen LogP contribution in [0.25, 0.3) is 0 Å². The number of benzene rings is 1. The number of nitrogens with zero attached hydrogens (tertiary/aromatic N) is 3. The van der Waals surface area contributed by atoms with Crippen molar-refractivity contribution in [2.24, 2.45) is 0 Å². The fourth-order valence-electron chi connectivity index (χ4n) is 1.82. The van der Waals surface area contributed by atoms with Crippen LogP contribution in [-0.2, 0) is 0 Å². The second-order valence-corrected chi connectivity index (χ2v) is 6.58. The second kappa shape index (κ2) is 8.45. The van der Waals surface area contributed by atoms with Gasteiger partial charge in [-0.25, -0.2) is 4.68 Å². The van der Waals surface area contributed by atoms with Crippen molar-refractivity contribution in [2.45, 2.75) is 19.0 Å². The highest BCUT2D eigenvalue weighted by Gasteiger charge is 2.13. The van der Waals surface area contributed by atoms with E-state index in [0.29, 0.717) is 33.4 Å². The van der Waals surface area contributed by atoms with Gasteiger partial charge in [0.1, 0.15) is 11.6 Å². The molecule has 0 atom stereocenters. The molecule has 1 amide bonds. The van der Waals surface area contributed by atoms with E-state index in [2.05, 4.69) is 36.9 Å². The zero-order valence-electron chi connectivity index (χ0n) is 13.3. The molecule has 2 rings (SSSR count). The van der Waals surface area contributed by atoms with E-state index in [-0.39, 0.29) is 11.0 Å². The highest BCUT2D eigenvalue weighted by Crippen LogP contribution is 2.25. The number of ether oxygens (including phenoxy) is 1. The normalized spacial score (nSPS) is 10.3. The van der Waals surface area contributed by atoms with Crippen molar-refractivity contribution in [3.63, 3.8) is 0 Å². The van der Waals surface area contributed by atoms with Crippen LogP contribution in [0.4, 0.5) is 0 Å². The average Bonchev–Trinajstić information content (AvgIpc) is 2.89. The number of rotatable bonds is 5. The average molecular weight is 430 g/mol. The van der Waals surface area contributed by atoms with E-state index in [1.165, 1.54) is 11.8 Å². The summed E-state index contributed by atoms with van der Waals surface area (Å²) in [5.74, 6) is 0.993. The number of thiocarbonyl (C=S) groups is 1. The Balaban J connectivity index is 2.05. The summed E-state index contributed by atoms with van der Waals surface area (Å²) in [6.45, 7) is 4.23. The van der Waals surface area contributed by atoms with Crippen LogP contribution in [0.2, 0.25) is 0 Å². The van der Waals surface area contributed by atoms with E-state index < -0.39 is 0 Å². The number of carbonyl (C=O) groups excluding carboxylic acids is 1. The van der Waals surface area contributed by atoms with Crippen molar-refractivity contribution in [1.29, 1.82) is 0 Å². The lowest BCUT2D eigenvalue weighted by molar-refractivity contribution is 0.0977.